The molecule has 0 aliphatic rings. The van der Waals surface area contributed by atoms with Crippen LogP contribution in [0.3, 0.4) is 0 Å². The number of aryl methyl sites for hydroxylation is 1. The van der Waals surface area contributed by atoms with E-state index in [9.17, 15) is 0 Å². The Labute approximate surface area is 117 Å². The van der Waals surface area contributed by atoms with Gasteiger partial charge in [-0.05, 0) is 24.6 Å². The van der Waals surface area contributed by atoms with Crippen LogP contribution < -0.4 is 5.32 Å². The highest BCUT2D eigenvalue weighted by molar-refractivity contribution is 5.26. The van der Waals surface area contributed by atoms with Crippen molar-refractivity contribution in [3.05, 3.63) is 77.8 Å². The number of hydrogen-bond donors (Lipinski definition) is 2. The zero-order chi connectivity index (χ0) is 13.8. The second kappa shape index (κ2) is 5.75. The fraction of sp³-hybridized carbons (Fsp3) is 0.188. The lowest BCUT2D eigenvalue weighted by atomic mass is 10.0. The summed E-state index contributed by atoms with van der Waals surface area (Å²) < 4.78 is 5.56. The van der Waals surface area contributed by atoms with Crippen LogP contribution in [0.15, 0.2) is 59.3 Å². The molecule has 3 aromatic rings. The lowest BCUT2D eigenvalue weighted by Crippen LogP contribution is -2.21. The Morgan fingerprint density at radius 3 is 2.70 bits per heavy atom. The predicted octanol–water partition coefficient (Wildman–Crippen LogP) is 3.19. The standard InChI is InChI=1S/C16H17N3O/c1-12-17-10-14(19-12)11-18-16(15-8-5-9-20-15)13-6-3-2-4-7-13/h2-10,16,18H,11H2,1H3,(H,17,19). The quantitative estimate of drug-likeness (QED) is 0.746. The van der Waals surface area contributed by atoms with Crippen molar-refractivity contribution in [3.8, 4) is 0 Å². The smallest absolute Gasteiger partial charge is 0.125 e. The minimum Gasteiger partial charge on any atom is -0.467 e. The number of nitrogens with one attached hydrogen (secondary N) is 2. The van der Waals surface area contributed by atoms with Crippen LogP contribution in [0.2, 0.25) is 0 Å². The Balaban J connectivity index is 1.80. The predicted molar refractivity (Wildman–Crippen MR) is 77.2 cm³/mol. The third kappa shape index (κ3) is 2.81. The number of aromatic amines is 1. The van der Waals surface area contributed by atoms with Crippen LogP contribution in [0.1, 0.15) is 28.9 Å². The van der Waals surface area contributed by atoms with E-state index in [2.05, 4.69) is 27.4 Å². The van der Waals surface area contributed by atoms with Crippen molar-refractivity contribution in [2.75, 3.05) is 0 Å². The van der Waals surface area contributed by atoms with E-state index in [1.54, 1.807) is 6.26 Å². The van der Waals surface area contributed by atoms with Gasteiger partial charge in [0.25, 0.3) is 0 Å². The molecule has 2 aromatic heterocycles. The highest BCUT2D eigenvalue weighted by Crippen LogP contribution is 2.22. The topological polar surface area (TPSA) is 53.9 Å². The molecule has 1 aromatic carbocycles. The van der Waals surface area contributed by atoms with Crippen LogP contribution in [0.4, 0.5) is 0 Å². The summed E-state index contributed by atoms with van der Waals surface area (Å²) in [6, 6.07) is 14.2. The number of imidazole rings is 1. The van der Waals surface area contributed by atoms with E-state index in [0.717, 1.165) is 17.3 Å². The third-order valence-electron chi connectivity index (χ3n) is 3.21. The van der Waals surface area contributed by atoms with Gasteiger partial charge in [-0.3, -0.25) is 5.32 Å². The van der Waals surface area contributed by atoms with E-state index in [-0.39, 0.29) is 6.04 Å². The molecule has 4 nitrogen and oxygen atoms in total. The van der Waals surface area contributed by atoms with Crippen molar-refractivity contribution < 1.29 is 4.42 Å². The molecule has 0 saturated heterocycles. The summed E-state index contributed by atoms with van der Waals surface area (Å²) in [7, 11) is 0. The van der Waals surface area contributed by atoms with Gasteiger partial charge in [0.15, 0.2) is 0 Å². The molecule has 0 radical (unpaired) electrons. The first kappa shape index (κ1) is 12.7. The molecule has 0 aliphatic heterocycles. The van der Waals surface area contributed by atoms with E-state index in [4.69, 9.17) is 4.42 Å². The fourth-order valence-corrected chi connectivity index (χ4v) is 2.26. The SMILES string of the molecule is Cc1ncc(CNC(c2ccccc2)c2ccco2)[nH]1. The van der Waals surface area contributed by atoms with Gasteiger partial charge in [0.1, 0.15) is 11.6 Å². The molecule has 0 amide bonds. The molecular formula is C16H17N3O. The number of H-pyrrole nitrogens is 1. The maximum Gasteiger partial charge on any atom is 0.125 e. The Kier molecular flexibility index (Phi) is 3.65. The maximum atomic E-state index is 5.56. The normalized spacial score (nSPS) is 12.4. The Morgan fingerprint density at radius 1 is 1.20 bits per heavy atom. The van der Waals surface area contributed by atoms with Crippen LogP contribution in [-0.4, -0.2) is 9.97 Å². The van der Waals surface area contributed by atoms with Crippen LogP contribution in [0.5, 0.6) is 0 Å². The molecule has 20 heavy (non-hydrogen) atoms. The van der Waals surface area contributed by atoms with Gasteiger partial charge in [0.2, 0.25) is 0 Å². The van der Waals surface area contributed by atoms with E-state index >= 15 is 0 Å². The molecule has 3 rings (SSSR count). The largest absolute Gasteiger partial charge is 0.467 e. The molecule has 0 spiro atoms. The van der Waals surface area contributed by atoms with Crippen molar-refractivity contribution in [1.82, 2.24) is 15.3 Å². The first-order valence-corrected chi connectivity index (χ1v) is 6.65. The minimum absolute atomic E-state index is 0.0369. The third-order valence-corrected chi connectivity index (χ3v) is 3.21. The summed E-state index contributed by atoms with van der Waals surface area (Å²) in [5, 5.41) is 3.50. The Bertz CT molecular complexity index is 643. The van der Waals surface area contributed by atoms with Gasteiger partial charge >= 0.3 is 0 Å². The number of benzene rings is 1. The molecule has 0 bridgehead atoms. The first-order valence-electron chi connectivity index (χ1n) is 6.65. The zero-order valence-corrected chi connectivity index (χ0v) is 11.3. The van der Waals surface area contributed by atoms with Crippen LogP contribution in [0.25, 0.3) is 0 Å². The molecule has 4 heteroatoms. The molecular weight excluding hydrogens is 250 g/mol. The average Bonchev–Trinajstić information content (AvgIpc) is 3.12. The number of hydrogen-bond acceptors (Lipinski definition) is 3. The van der Waals surface area contributed by atoms with Crippen molar-refractivity contribution in [1.29, 1.82) is 0 Å². The summed E-state index contributed by atoms with van der Waals surface area (Å²) in [5.41, 5.74) is 2.24. The molecule has 102 valence electrons. The molecule has 0 aliphatic carbocycles. The summed E-state index contributed by atoms with van der Waals surface area (Å²) in [6.45, 7) is 2.66. The van der Waals surface area contributed by atoms with Gasteiger partial charge in [-0.15, -0.1) is 0 Å². The highest BCUT2D eigenvalue weighted by Gasteiger charge is 2.16. The summed E-state index contributed by atoms with van der Waals surface area (Å²) in [6.07, 6.45) is 3.56. The summed E-state index contributed by atoms with van der Waals surface area (Å²) in [4.78, 5) is 7.43. The number of rotatable bonds is 5. The lowest BCUT2D eigenvalue weighted by molar-refractivity contribution is 0.444. The van der Waals surface area contributed by atoms with E-state index < -0.39 is 0 Å². The van der Waals surface area contributed by atoms with Crippen molar-refractivity contribution in [2.45, 2.75) is 19.5 Å². The van der Waals surface area contributed by atoms with Gasteiger partial charge in [-0.25, -0.2) is 4.98 Å². The summed E-state index contributed by atoms with van der Waals surface area (Å²) in [5.74, 6) is 1.84. The molecule has 0 saturated carbocycles. The van der Waals surface area contributed by atoms with Crippen molar-refractivity contribution in [3.63, 3.8) is 0 Å². The van der Waals surface area contributed by atoms with Crippen LogP contribution >= 0.6 is 0 Å². The van der Waals surface area contributed by atoms with Gasteiger partial charge in [-0.1, -0.05) is 30.3 Å². The molecule has 2 heterocycles. The lowest BCUT2D eigenvalue weighted by Gasteiger charge is -2.16. The average molecular weight is 267 g/mol. The molecule has 0 fully saturated rings. The number of aromatic nitrogens is 2. The van der Waals surface area contributed by atoms with Gasteiger partial charge in [0, 0.05) is 18.4 Å². The minimum atomic E-state index is 0.0369. The second-order valence-corrected chi connectivity index (χ2v) is 4.73. The van der Waals surface area contributed by atoms with Gasteiger partial charge in [0.05, 0.1) is 12.3 Å². The van der Waals surface area contributed by atoms with Crippen LogP contribution in [0, 0.1) is 6.92 Å². The molecule has 1 atom stereocenters. The van der Waals surface area contributed by atoms with E-state index in [1.807, 2.05) is 43.5 Å². The Morgan fingerprint density at radius 2 is 2.05 bits per heavy atom. The monoisotopic (exact) mass is 267 g/mol. The van der Waals surface area contributed by atoms with Crippen molar-refractivity contribution in [2.24, 2.45) is 0 Å². The maximum absolute atomic E-state index is 5.56. The summed E-state index contributed by atoms with van der Waals surface area (Å²) >= 11 is 0. The van der Waals surface area contributed by atoms with Gasteiger partial charge < -0.3 is 9.40 Å². The Hall–Kier alpha value is -2.33. The van der Waals surface area contributed by atoms with E-state index in [0.29, 0.717) is 6.54 Å². The highest BCUT2D eigenvalue weighted by atomic mass is 16.3. The first-order chi connectivity index (χ1) is 9.83. The molecule has 2 N–H and O–H groups in total. The fourth-order valence-electron chi connectivity index (χ4n) is 2.26. The number of furan rings is 1. The van der Waals surface area contributed by atoms with Crippen molar-refractivity contribution >= 4 is 0 Å². The zero-order valence-electron chi connectivity index (χ0n) is 11.3. The van der Waals surface area contributed by atoms with E-state index in [1.165, 1.54) is 5.56 Å². The number of nitrogens with zero attached hydrogens (tertiary/aromatic N) is 1. The second-order valence-electron chi connectivity index (χ2n) is 4.73. The van der Waals surface area contributed by atoms with Gasteiger partial charge in [-0.2, -0.15) is 0 Å². The molecule has 1 unspecified atom stereocenters. The van der Waals surface area contributed by atoms with Crippen LogP contribution in [-0.2, 0) is 6.54 Å².